The molecule has 3 aromatic rings. The molecule has 0 aliphatic rings. The van der Waals surface area contributed by atoms with E-state index in [0.29, 0.717) is 6.07 Å². The SMILES string of the molecule is O=C(Nc1nncs1)c1cc(S(=O)(=O)Nc2cccc(C(F)(F)F)c2)ccc1Cl. The lowest BCUT2D eigenvalue weighted by Crippen LogP contribution is -2.17. The summed E-state index contributed by atoms with van der Waals surface area (Å²) in [6.45, 7) is 0. The number of sulfonamides is 1. The Morgan fingerprint density at radius 3 is 2.55 bits per heavy atom. The molecule has 0 saturated heterocycles. The van der Waals surface area contributed by atoms with E-state index in [0.717, 1.165) is 35.6 Å². The molecule has 1 aromatic heterocycles. The lowest BCUT2D eigenvalue weighted by atomic mass is 10.2. The summed E-state index contributed by atoms with van der Waals surface area (Å²) in [7, 11) is -4.29. The third-order valence-corrected chi connectivity index (χ3v) is 5.83. The van der Waals surface area contributed by atoms with Crippen LogP contribution in [0.3, 0.4) is 0 Å². The molecule has 152 valence electrons. The first-order valence-corrected chi connectivity index (χ1v) is 10.4. The van der Waals surface area contributed by atoms with Gasteiger partial charge in [0, 0.05) is 5.69 Å². The minimum atomic E-state index is -4.63. The van der Waals surface area contributed by atoms with E-state index in [1.165, 1.54) is 17.6 Å². The van der Waals surface area contributed by atoms with Crippen LogP contribution >= 0.6 is 22.9 Å². The second kappa shape index (κ2) is 7.97. The largest absolute Gasteiger partial charge is 0.416 e. The van der Waals surface area contributed by atoms with Gasteiger partial charge in [-0.25, -0.2) is 8.42 Å². The summed E-state index contributed by atoms with van der Waals surface area (Å²) >= 11 is 7.03. The smallest absolute Gasteiger partial charge is 0.296 e. The van der Waals surface area contributed by atoms with E-state index in [-0.39, 0.29) is 26.3 Å². The minimum Gasteiger partial charge on any atom is -0.296 e. The Morgan fingerprint density at radius 2 is 1.90 bits per heavy atom. The van der Waals surface area contributed by atoms with Gasteiger partial charge in [-0.3, -0.25) is 14.8 Å². The van der Waals surface area contributed by atoms with Gasteiger partial charge in [-0.05, 0) is 36.4 Å². The van der Waals surface area contributed by atoms with Gasteiger partial charge >= 0.3 is 6.18 Å². The first-order valence-electron chi connectivity index (χ1n) is 7.63. The predicted octanol–water partition coefficient (Wildman–Crippen LogP) is 4.26. The molecule has 0 unspecified atom stereocenters. The van der Waals surface area contributed by atoms with Gasteiger partial charge in [-0.2, -0.15) is 13.2 Å². The Balaban J connectivity index is 1.89. The van der Waals surface area contributed by atoms with Gasteiger partial charge < -0.3 is 0 Å². The number of hydrogen-bond acceptors (Lipinski definition) is 6. The summed E-state index contributed by atoms with van der Waals surface area (Å²) < 4.78 is 65.7. The van der Waals surface area contributed by atoms with Gasteiger partial charge in [0.15, 0.2) is 0 Å². The van der Waals surface area contributed by atoms with Crippen molar-refractivity contribution in [1.29, 1.82) is 0 Å². The van der Waals surface area contributed by atoms with Gasteiger partial charge in [0.05, 0.1) is 21.0 Å². The highest BCUT2D eigenvalue weighted by molar-refractivity contribution is 7.92. The lowest BCUT2D eigenvalue weighted by molar-refractivity contribution is -0.137. The summed E-state index contributed by atoms with van der Waals surface area (Å²) in [6, 6.07) is 7.05. The van der Waals surface area contributed by atoms with Crippen molar-refractivity contribution in [2.45, 2.75) is 11.1 Å². The first kappa shape index (κ1) is 21.0. The van der Waals surface area contributed by atoms with Crippen LogP contribution in [-0.4, -0.2) is 24.5 Å². The van der Waals surface area contributed by atoms with E-state index in [9.17, 15) is 26.4 Å². The van der Waals surface area contributed by atoms with Crippen molar-refractivity contribution in [2.24, 2.45) is 0 Å². The van der Waals surface area contributed by atoms with Crippen molar-refractivity contribution in [1.82, 2.24) is 10.2 Å². The summed E-state index contributed by atoms with van der Waals surface area (Å²) in [5.74, 6) is -0.720. The van der Waals surface area contributed by atoms with Crippen molar-refractivity contribution in [3.05, 3.63) is 64.1 Å². The zero-order valence-corrected chi connectivity index (χ0v) is 16.5. The zero-order valence-electron chi connectivity index (χ0n) is 14.1. The standard InChI is InChI=1S/C16H10ClF3N4O3S2/c17-13-5-4-11(7-12(13)14(25)22-15-23-21-8-28-15)29(26,27)24-10-3-1-2-9(6-10)16(18,19)20/h1-8,24H,(H,22,23,25). The molecule has 0 aliphatic heterocycles. The maximum atomic E-state index is 12.8. The predicted molar refractivity (Wildman–Crippen MR) is 102 cm³/mol. The Morgan fingerprint density at radius 1 is 1.14 bits per heavy atom. The molecular formula is C16H10ClF3N4O3S2. The fourth-order valence-electron chi connectivity index (χ4n) is 2.21. The van der Waals surface area contributed by atoms with Crippen LogP contribution in [0.2, 0.25) is 5.02 Å². The Labute approximate surface area is 171 Å². The van der Waals surface area contributed by atoms with Crippen molar-refractivity contribution in [3.63, 3.8) is 0 Å². The van der Waals surface area contributed by atoms with Crippen molar-refractivity contribution in [2.75, 3.05) is 10.0 Å². The maximum absolute atomic E-state index is 12.8. The molecular weight excluding hydrogens is 453 g/mol. The number of rotatable bonds is 5. The molecule has 2 N–H and O–H groups in total. The number of benzene rings is 2. The van der Waals surface area contributed by atoms with Crippen LogP contribution in [0.25, 0.3) is 0 Å². The van der Waals surface area contributed by atoms with Crippen LogP contribution in [-0.2, 0) is 16.2 Å². The second-order valence-corrected chi connectivity index (χ2v) is 8.45. The van der Waals surface area contributed by atoms with Crippen molar-refractivity contribution >= 4 is 49.7 Å². The summed E-state index contributed by atoms with van der Waals surface area (Å²) in [5, 5.41) is 9.76. The molecule has 0 spiro atoms. The molecule has 3 rings (SSSR count). The number of alkyl halides is 3. The first-order chi connectivity index (χ1) is 13.6. The van der Waals surface area contributed by atoms with E-state index in [1.807, 2.05) is 0 Å². The lowest BCUT2D eigenvalue weighted by Gasteiger charge is -2.12. The summed E-state index contributed by atoms with van der Waals surface area (Å²) in [5.41, 5.74) is -0.0637. The number of halogens is 4. The zero-order chi connectivity index (χ0) is 21.2. The maximum Gasteiger partial charge on any atom is 0.416 e. The fourth-order valence-corrected chi connectivity index (χ4v) is 3.93. The van der Waals surface area contributed by atoms with Crippen molar-refractivity contribution < 1.29 is 26.4 Å². The second-order valence-electron chi connectivity index (χ2n) is 5.52. The third kappa shape index (κ3) is 5.02. The molecule has 7 nitrogen and oxygen atoms in total. The van der Waals surface area contributed by atoms with E-state index >= 15 is 0 Å². The van der Waals surface area contributed by atoms with E-state index < -0.39 is 27.7 Å². The topological polar surface area (TPSA) is 101 Å². The monoisotopic (exact) mass is 462 g/mol. The van der Waals surface area contributed by atoms with Gasteiger partial charge in [-0.1, -0.05) is 29.0 Å². The van der Waals surface area contributed by atoms with Gasteiger partial charge in [0.25, 0.3) is 15.9 Å². The Kier molecular flexibility index (Phi) is 5.78. The van der Waals surface area contributed by atoms with Crippen LogP contribution in [0.1, 0.15) is 15.9 Å². The molecule has 0 aliphatic carbocycles. The molecule has 29 heavy (non-hydrogen) atoms. The molecule has 13 heteroatoms. The molecule has 0 atom stereocenters. The van der Waals surface area contributed by atoms with Crippen LogP contribution in [0.4, 0.5) is 24.0 Å². The van der Waals surface area contributed by atoms with Gasteiger partial charge in [0.2, 0.25) is 5.13 Å². The minimum absolute atomic E-state index is 0.0231. The molecule has 0 radical (unpaired) electrons. The number of carbonyl (C=O) groups excluding carboxylic acids is 1. The highest BCUT2D eigenvalue weighted by Gasteiger charge is 2.31. The highest BCUT2D eigenvalue weighted by atomic mass is 35.5. The fraction of sp³-hybridized carbons (Fsp3) is 0.0625. The quantitative estimate of drug-likeness (QED) is 0.590. The average molecular weight is 463 g/mol. The number of amides is 1. The molecule has 0 fully saturated rings. The Bertz CT molecular complexity index is 1150. The molecule has 0 saturated carbocycles. The molecule has 2 aromatic carbocycles. The normalized spacial score (nSPS) is 11.9. The van der Waals surface area contributed by atoms with Gasteiger partial charge in [0.1, 0.15) is 5.51 Å². The van der Waals surface area contributed by atoms with E-state index in [2.05, 4.69) is 20.2 Å². The van der Waals surface area contributed by atoms with E-state index in [1.54, 1.807) is 0 Å². The number of nitrogens with zero attached hydrogens (tertiary/aromatic N) is 2. The average Bonchev–Trinajstić information content (AvgIpc) is 3.14. The van der Waals surface area contributed by atoms with Crippen LogP contribution in [0, 0.1) is 0 Å². The van der Waals surface area contributed by atoms with E-state index in [4.69, 9.17) is 11.6 Å². The van der Waals surface area contributed by atoms with Gasteiger partial charge in [-0.15, -0.1) is 10.2 Å². The number of hydrogen-bond donors (Lipinski definition) is 2. The van der Waals surface area contributed by atoms with Crippen LogP contribution in [0.5, 0.6) is 0 Å². The number of nitrogens with one attached hydrogen (secondary N) is 2. The third-order valence-electron chi connectivity index (χ3n) is 3.52. The Hall–Kier alpha value is -2.70. The molecule has 1 amide bonds. The molecule has 1 heterocycles. The van der Waals surface area contributed by atoms with Crippen LogP contribution in [0.15, 0.2) is 52.9 Å². The summed E-state index contributed by atoms with van der Waals surface area (Å²) in [4.78, 5) is 12.0. The molecule has 0 bridgehead atoms. The number of carbonyl (C=O) groups is 1. The number of anilines is 2. The summed E-state index contributed by atoms with van der Waals surface area (Å²) in [6.07, 6.45) is -4.63. The van der Waals surface area contributed by atoms with Crippen LogP contribution < -0.4 is 10.0 Å². The van der Waals surface area contributed by atoms with Crippen molar-refractivity contribution in [3.8, 4) is 0 Å². The highest BCUT2D eigenvalue weighted by Crippen LogP contribution is 2.31. The number of aromatic nitrogens is 2.